The molecule has 8 nitrogen and oxygen atoms in total. The summed E-state index contributed by atoms with van der Waals surface area (Å²) in [5.41, 5.74) is -1.39. The Balaban J connectivity index is -0.000000397. The topological polar surface area (TPSA) is 132 Å². The molecular formula is C30H38FeN4O4. The van der Waals surface area contributed by atoms with E-state index >= 15 is 0 Å². The summed E-state index contributed by atoms with van der Waals surface area (Å²) in [5, 5.41) is 19.8. The summed E-state index contributed by atoms with van der Waals surface area (Å²) in [6.45, 7) is 9.60. The molecule has 0 saturated heterocycles. The average molecular weight is 575 g/mol. The van der Waals surface area contributed by atoms with Gasteiger partial charge in [-0.1, -0.05) is 65.8 Å². The van der Waals surface area contributed by atoms with E-state index < -0.39 is 22.8 Å². The molecule has 0 aliphatic carbocycles. The summed E-state index contributed by atoms with van der Waals surface area (Å²) in [6.07, 6.45) is 14.0. The molecule has 4 aromatic heterocycles. The molecule has 0 unspecified atom stereocenters. The first-order valence-electron chi connectivity index (χ1n) is 11.7. The third-order valence-electron chi connectivity index (χ3n) is 3.49. The molecule has 0 atom stereocenters. The third kappa shape index (κ3) is 34.1. The van der Waals surface area contributed by atoms with Gasteiger partial charge in [0.2, 0.25) is 0 Å². The van der Waals surface area contributed by atoms with Crippen LogP contribution in [0.15, 0.2) is 122 Å². The first-order chi connectivity index (χ1) is 17.9. The van der Waals surface area contributed by atoms with Crippen molar-refractivity contribution in [1.82, 2.24) is 19.9 Å². The van der Waals surface area contributed by atoms with Crippen LogP contribution in [0, 0.1) is 10.8 Å². The van der Waals surface area contributed by atoms with E-state index in [1.54, 1.807) is 91.1 Å². The molecule has 39 heavy (non-hydrogen) atoms. The molecule has 0 fully saturated rings. The van der Waals surface area contributed by atoms with Crippen molar-refractivity contribution in [3.8, 4) is 0 Å². The van der Waals surface area contributed by atoms with E-state index in [9.17, 15) is 19.8 Å². The van der Waals surface area contributed by atoms with Gasteiger partial charge in [0.05, 0.1) is 0 Å². The van der Waals surface area contributed by atoms with Gasteiger partial charge in [-0.25, -0.2) is 0 Å². The summed E-state index contributed by atoms with van der Waals surface area (Å²) in [6, 6.07) is 22.9. The van der Waals surface area contributed by atoms with Gasteiger partial charge in [-0.3, -0.25) is 19.9 Å². The van der Waals surface area contributed by atoms with Crippen LogP contribution in [0.2, 0.25) is 0 Å². The number of carboxylic acid groups (broad SMARTS) is 2. The van der Waals surface area contributed by atoms with E-state index in [0.717, 1.165) is 0 Å². The summed E-state index contributed by atoms with van der Waals surface area (Å²) in [5.74, 6) is -2.01. The molecule has 0 N–H and O–H groups in total. The number of carbonyl (C=O) groups is 2. The maximum Gasteiger partial charge on any atom is 2.00 e. The minimum absolute atomic E-state index is 0. The number of hydrogen-bond acceptors (Lipinski definition) is 8. The Hall–Kier alpha value is -3.94. The van der Waals surface area contributed by atoms with Crippen molar-refractivity contribution in [2.45, 2.75) is 41.5 Å². The van der Waals surface area contributed by atoms with Crippen LogP contribution < -0.4 is 10.2 Å². The Bertz CT molecular complexity index is 774. The fourth-order valence-corrected chi connectivity index (χ4v) is 1.25. The second-order valence-corrected chi connectivity index (χ2v) is 9.17. The molecule has 9 heteroatoms. The largest absolute Gasteiger partial charge is 2.00 e. The molecule has 0 saturated carbocycles. The molecule has 0 bridgehead atoms. The predicted octanol–water partition coefficient (Wildman–Crippen LogP) is 3.89. The van der Waals surface area contributed by atoms with Crippen molar-refractivity contribution in [3.05, 3.63) is 122 Å². The van der Waals surface area contributed by atoms with E-state index in [1.807, 2.05) is 72.8 Å². The predicted molar refractivity (Wildman–Crippen MR) is 146 cm³/mol. The summed E-state index contributed by atoms with van der Waals surface area (Å²) in [4.78, 5) is 35.0. The fourth-order valence-electron chi connectivity index (χ4n) is 1.25. The molecule has 4 heterocycles. The number of pyridine rings is 4. The van der Waals surface area contributed by atoms with Crippen molar-refractivity contribution in [2.24, 2.45) is 10.8 Å². The van der Waals surface area contributed by atoms with Crippen molar-refractivity contribution < 1.29 is 36.9 Å². The number of carboxylic acids is 2. The molecule has 210 valence electrons. The van der Waals surface area contributed by atoms with E-state index in [4.69, 9.17) is 0 Å². The Kier molecular flexibility index (Phi) is 26.1. The molecule has 0 radical (unpaired) electrons. The summed E-state index contributed by atoms with van der Waals surface area (Å²) >= 11 is 0. The van der Waals surface area contributed by atoms with Crippen LogP contribution in [0.1, 0.15) is 41.5 Å². The molecule has 0 aromatic carbocycles. The summed E-state index contributed by atoms with van der Waals surface area (Å²) < 4.78 is 0. The minimum atomic E-state index is -1.01. The number of rotatable bonds is 0. The Morgan fingerprint density at radius 3 is 0.564 bits per heavy atom. The number of nitrogens with zero attached hydrogens (tertiary/aromatic N) is 4. The van der Waals surface area contributed by atoms with Crippen molar-refractivity contribution in [1.29, 1.82) is 0 Å². The number of hydrogen-bond donors (Lipinski definition) is 0. The SMILES string of the molecule is CC(C)(C)C(=O)[O-].CC(C)(C)C(=O)[O-].[Fe+2].c1ccncc1.c1ccncc1.c1ccncc1.c1ccncc1. The zero-order valence-corrected chi connectivity index (χ0v) is 24.4. The molecule has 4 aromatic rings. The van der Waals surface area contributed by atoms with Crippen LogP contribution in [-0.4, -0.2) is 31.9 Å². The molecule has 0 aliphatic rings. The van der Waals surface area contributed by atoms with Crippen LogP contribution in [0.4, 0.5) is 0 Å². The third-order valence-corrected chi connectivity index (χ3v) is 3.49. The van der Waals surface area contributed by atoms with E-state index in [2.05, 4.69) is 19.9 Å². The second-order valence-electron chi connectivity index (χ2n) is 9.17. The van der Waals surface area contributed by atoms with Crippen LogP contribution in [0.3, 0.4) is 0 Å². The maximum absolute atomic E-state index is 9.91. The fraction of sp³-hybridized carbons (Fsp3) is 0.267. The minimum Gasteiger partial charge on any atom is -0.550 e. The normalized spacial score (nSPS) is 8.97. The van der Waals surface area contributed by atoms with Gasteiger partial charge in [0.15, 0.2) is 0 Å². The number of aromatic nitrogens is 4. The molecule has 0 amide bonds. The van der Waals surface area contributed by atoms with Crippen LogP contribution in [0.25, 0.3) is 0 Å². The van der Waals surface area contributed by atoms with Crippen LogP contribution >= 0.6 is 0 Å². The Labute approximate surface area is 243 Å². The van der Waals surface area contributed by atoms with E-state index in [-0.39, 0.29) is 17.1 Å². The summed E-state index contributed by atoms with van der Waals surface area (Å²) in [7, 11) is 0. The Morgan fingerprint density at radius 2 is 0.538 bits per heavy atom. The standard InChI is InChI=1S/4C5H5N.2C5H10O2.Fe/c4*1-2-4-6-5-3-1;2*1-5(2,3)4(6)7;/h4*1-5H;2*1-3H3,(H,6,7);/q;;;;;;+2/p-2. The van der Waals surface area contributed by atoms with Gasteiger partial charge >= 0.3 is 17.1 Å². The smallest absolute Gasteiger partial charge is 0.550 e. The maximum atomic E-state index is 9.91. The van der Waals surface area contributed by atoms with Crippen molar-refractivity contribution in [3.63, 3.8) is 0 Å². The van der Waals surface area contributed by atoms with Crippen LogP contribution in [-0.2, 0) is 26.7 Å². The van der Waals surface area contributed by atoms with Crippen LogP contribution in [0.5, 0.6) is 0 Å². The number of carbonyl (C=O) groups excluding carboxylic acids is 2. The van der Waals surface area contributed by atoms with Gasteiger partial charge in [0.25, 0.3) is 0 Å². The zero-order valence-electron chi connectivity index (χ0n) is 23.3. The van der Waals surface area contributed by atoms with Crippen molar-refractivity contribution in [2.75, 3.05) is 0 Å². The van der Waals surface area contributed by atoms with Gasteiger partial charge < -0.3 is 19.8 Å². The van der Waals surface area contributed by atoms with Gasteiger partial charge in [-0.15, -0.1) is 0 Å². The first kappa shape index (κ1) is 39.6. The van der Waals surface area contributed by atoms with E-state index in [0.29, 0.717) is 0 Å². The zero-order chi connectivity index (χ0) is 29.1. The van der Waals surface area contributed by atoms with Gasteiger partial charge in [-0.05, 0) is 48.5 Å². The quantitative estimate of drug-likeness (QED) is 0.289. The molecule has 0 aliphatic heterocycles. The van der Waals surface area contributed by atoms with Crippen molar-refractivity contribution >= 4 is 11.9 Å². The molecular weight excluding hydrogens is 536 g/mol. The Morgan fingerprint density at radius 1 is 0.410 bits per heavy atom. The monoisotopic (exact) mass is 574 g/mol. The van der Waals surface area contributed by atoms with Gasteiger partial charge in [0, 0.05) is 72.3 Å². The average Bonchev–Trinajstić information content (AvgIpc) is 2.93. The molecule has 4 rings (SSSR count). The first-order valence-corrected chi connectivity index (χ1v) is 11.7. The number of aliphatic carboxylic acids is 2. The molecule has 0 spiro atoms. The van der Waals surface area contributed by atoms with Gasteiger partial charge in [0.1, 0.15) is 0 Å². The van der Waals surface area contributed by atoms with E-state index in [1.165, 1.54) is 0 Å². The van der Waals surface area contributed by atoms with Gasteiger partial charge in [-0.2, -0.15) is 0 Å². The second kappa shape index (κ2) is 25.7.